The molecule has 0 unspecified atom stereocenters. The maximum Gasteiger partial charge on any atom is 0.120 e. The van der Waals surface area contributed by atoms with E-state index in [1.165, 1.54) is 16.5 Å². The topological polar surface area (TPSA) is 38.9 Å². The number of hydrogen-bond acceptors (Lipinski definition) is 3. The van der Waals surface area contributed by atoms with Crippen LogP contribution < -0.4 is 0 Å². The summed E-state index contributed by atoms with van der Waals surface area (Å²) in [5.74, 6) is 0.414. The Labute approximate surface area is 225 Å². The number of furan rings is 1. The normalized spacial score (nSPS) is 10.7. The molecule has 0 amide bonds. The van der Waals surface area contributed by atoms with Gasteiger partial charge in [0.25, 0.3) is 0 Å². The van der Waals surface area contributed by atoms with Crippen molar-refractivity contribution in [3.05, 3.63) is 121 Å². The summed E-state index contributed by atoms with van der Waals surface area (Å²) in [6, 6.07) is 34.7. The van der Waals surface area contributed by atoms with Gasteiger partial charge in [0.1, 0.15) is 5.58 Å². The van der Waals surface area contributed by atoms with Gasteiger partial charge in [-0.25, -0.2) is 0 Å². The van der Waals surface area contributed by atoms with E-state index in [9.17, 15) is 0 Å². The van der Waals surface area contributed by atoms with Crippen LogP contribution in [-0.4, -0.2) is 9.97 Å². The molecule has 0 spiro atoms. The van der Waals surface area contributed by atoms with Gasteiger partial charge in [-0.05, 0) is 29.6 Å². The molecule has 3 heterocycles. The Hall–Kier alpha value is -3.59. The van der Waals surface area contributed by atoms with Crippen LogP contribution in [0.25, 0.3) is 44.5 Å². The van der Waals surface area contributed by atoms with E-state index in [1.54, 1.807) is 12.4 Å². The van der Waals surface area contributed by atoms with Gasteiger partial charge in [0.15, 0.2) is 0 Å². The number of aryl methyl sites for hydroxylation is 1. The van der Waals surface area contributed by atoms with Crippen LogP contribution in [0.5, 0.6) is 0 Å². The molecule has 1 radical (unpaired) electrons. The van der Waals surface area contributed by atoms with Gasteiger partial charge in [-0.3, -0.25) is 0 Å². The van der Waals surface area contributed by atoms with Crippen molar-refractivity contribution in [1.82, 2.24) is 9.97 Å². The summed E-state index contributed by atoms with van der Waals surface area (Å²) < 4.78 is 6.16. The SMILES string of the molecule is CC(C)c1c[c-]c(-c2ccccn2)c2oc3ccccc3c12.Cc1cc[c-]c(-c2ccccn2)c1.[Ir]. The van der Waals surface area contributed by atoms with Gasteiger partial charge in [0.05, 0.1) is 5.58 Å². The van der Waals surface area contributed by atoms with Gasteiger partial charge in [-0.2, -0.15) is 0 Å². The van der Waals surface area contributed by atoms with Crippen molar-refractivity contribution < 1.29 is 24.5 Å². The van der Waals surface area contributed by atoms with E-state index in [2.05, 4.69) is 67.1 Å². The number of benzene rings is 3. The molecule has 3 nitrogen and oxygen atoms in total. The van der Waals surface area contributed by atoms with E-state index in [-0.39, 0.29) is 20.1 Å². The van der Waals surface area contributed by atoms with Crippen LogP contribution in [0.15, 0.2) is 102 Å². The quantitative estimate of drug-likeness (QED) is 0.181. The first-order chi connectivity index (χ1) is 17.1. The zero-order chi connectivity index (χ0) is 24.2. The number of para-hydroxylation sites is 1. The molecule has 0 bridgehead atoms. The molecule has 0 saturated heterocycles. The molecular weight excluding hydrogens is 621 g/mol. The van der Waals surface area contributed by atoms with E-state index in [4.69, 9.17) is 4.42 Å². The fourth-order valence-electron chi connectivity index (χ4n) is 4.20. The molecule has 0 aliphatic carbocycles. The molecule has 6 aromatic rings. The largest absolute Gasteiger partial charge is 0.501 e. The molecule has 4 heteroatoms. The maximum atomic E-state index is 6.16. The summed E-state index contributed by atoms with van der Waals surface area (Å²) in [4.78, 5) is 8.71. The number of fused-ring (bicyclic) bond motifs is 3. The first kappa shape index (κ1) is 25.5. The second-order valence-corrected chi connectivity index (χ2v) is 8.79. The number of aromatic nitrogens is 2. The fourth-order valence-corrected chi connectivity index (χ4v) is 4.20. The fraction of sp³-hybridized carbons (Fsp3) is 0.125. The Morgan fingerprint density at radius 3 is 2.17 bits per heavy atom. The Morgan fingerprint density at radius 1 is 0.806 bits per heavy atom. The van der Waals surface area contributed by atoms with Crippen LogP contribution >= 0.6 is 0 Å². The molecule has 0 atom stereocenters. The molecule has 0 N–H and O–H groups in total. The van der Waals surface area contributed by atoms with Crippen LogP contribution in [0.4, 0.5) is 0 Å². The van der Waals surface area contributed by atoms with Gasteiger partial charge in [0.2, 0.25) is 0 Å². The third-order valence-electron chi connectivity index (χ3n) is 5.92. The molecule has 3 aromatic carbocycles. The van der Waals surface area contributed by atoms with Crippen molar-refractivity contribution in [3.63, 3.8) is 0 Å². The molecule has 36 heavy (non-hydrogen) atoms. The zero-order valence-electron chi connectivity index (χ0n) is 20.5. The average Bonchev–Trinajstić information content (AvgIpc) is 3.29. The third kappa shape index (κ3) is 5.31. The van der Waals surface area contributed by atoms with E-state index in [0.29, 0.717) is 5.92 Å². The van der Waals surface area contributed by atoms with Crippen molar-refractivity contribution in [2.24, 2.45) is 0 Å². The second kappa shape index (κ2) is 11.4. The summed E-state index contributed by atoms with van der Waals surface area (Å²) >= 11 is 0. The van der Waals surface area contributed by atoms with Crippen LogP contribution in [-0.2, 0) is 20.1 Å². The summed E-state index contributed by atoms with van der Waals surface area (Å²) in [6.45, 7) is 6.47. The average molecular weight is 647 g/mol. The number of rotatable bonds is 3. The predicted molar refractivity (Wildman–Crippen MR) is 143 cm³/mol. The summed E-state index contributed by atoms with van der Waals surface area (Å²) in [5.41, 5.74) is 8.14. The minimum atomic E-state index is 0. The van der Waals surface area contributed by atoms with Crippen LogP contribution in [0.2, 0.25) is 0 Å². The molecule has 0 aliphatic rings. The summed E-state index contributed by atoms with van der Waals surface area (Å²) in [5, 5.41) is 2.34. The first-order valence-electron chi connectivity index (χ1n) is 11.8. The van der Waals surface area contributed by atoms with Crippen LogP contribution in [0, 0.1) is 19.1 Å². The van der Waals surface area contributed by atoms with Gasteiger partial charge in [0, 0.05) is 37.9 Å². The van der Waals surface area contributed by atoms with Crippen LogP contribution in [0.1, 0.15) is 30.9 Å². The predicted octanol–water partition coefficient (Wildman–Crippen LogP) is 8.43. The van der Waals surface area contributed by atoms with Crippen molar-refractivity contribution >= 4 is 21.9 Å². The van der Waals surface area contributed by atoms with Gasteiger partial charge in [-0.15, -0.1) is 53.1 Å². The number of pyridine rings is 2. The van der Waals surface area contributed by atoms with Gasteiger partial charge in [-0.1, -0.05) is 80.1 Å². The van der Waals surface area contributed by atoms with Gasteiger partial charge >= 0.3 is 0 Å². The zero-order valence-corrected chi connectivity index (χ0v) is 22.8. The first-order valence-corrected chi connectivity index (χ1v) is 11.8. The Morgan fingerprint density at radius 2 is 1.50 bits per heavy atom. The Balaban J connectivity index is 0.000000187. The smallest absolute Gasteiger partial charge is 0.120 e. The van der Waals surface area contributed by atoms with E-state index >= 15 is 0 Å². The number of hydrogen-bond donors (Lipinski definition) is 0. The monoisotopic (exact) mass is 647 g/mol. The maximum absolute atomic E-state index is 6.16. The minimum Gasteiger partial charge on any atom is -0.501 e. The molecule has 0 saturated carbocycles. The molecule has 6 rings (SSSR count). The van der Waals surface area contributed by atoms with Crippen molar-refractivity contribution in [3.8, 4) is 22.5 Å². The van der Waals surface area contributed by atoms with Crippen molar-refractivity contribution in [2.75, 3.05) is 0 Å². The molecule has 3 aromatic heterocycles. The Bertz CT molecular complexity index is 1570. The third-order valence-corrected chi connectivity index (χ3v) is 5.92. The molecular formula is C32H26IrN2O-2. The minimum absolute atomic E-state index is 0. The second-order valence-electron chi connectivity index (χ2n) is 8.79. The van der Waals surface area contributed by atoms with Gasteiger partial charge < -0.3 is 14.4 Å². The van der Waals surface area contributed by atoms with E-state index < -0.39 is 0 Å². The Kier molecular flexibility index (Phi) is 8.10. The molecule has 0 aliphatic heterocycles. The van der Waals surface area contributed by atoms with Crippen molar-refractivity contribution in [1.29, 1.82) is 0 Å². The van der Waals surface area contributed by atoms with E-state index in [0.717, 1.165) is 39.1 Å². The molecule has 181 valence electrons. The van der Waals surface area contributed by atoms with E-state index in [1.807, 2.05) is 60.7 Å². The molecule has 0 fully saturated rings. The van der Waals surface area contributed by atoms with Crippen molar-refractivity contribution in [2.45, 2.75) is 26.7 Å². The summed E-state index contributed by atoms with van der Waals surface area (Å²) in [6.07, 6.45) is 3.60. The van der Waals surface area contributed by atoms with Crippen LogP contribution in [0.3, 0.4) is 0 Å². The summed E-state index contributed by atoms with van der Waals surface area (Å²) in [7, 11) is 0. The standard InChI is InChI=1S/C20H16NO.C12H10N.Ir/c1-13(2)14-10-11-15(17-8-5-6-12-21-17)20-19(14)16-7-3-4-9-18(16)22-20;1-10-5-4-6-11(9-10)12-7-2-3-8-13-12;/h3-10,12-13H,1-2H3;2-5,7-9H,1H3;/q2*-1;. The number of nitrogens with zero attached hydrogens (tertiary/aromatic N) is 2.